The molecule has 2 aromatic heterocycles. The Bertz CT molecular complexity index is 465. The summed E-state index contributed by atoms with van der Waals surface area (Å²) in [5.74, 6) is 0.568. The molecule has 0 saturated heterocycles. The van der Waals surface area contributed by atoms with Crippen molar-refractivity contribution in [2.24, 2.45) is 0 Å². The Morgan fingerprint density at radius 3 is 2.71 bits per heavy atom. The van der Waals surface area contributed by atoms with E-state index in [1.165, 1.54) is 4.88 Å². The summed E-state index contributed by atoms with van der Waals surface area (Å²) < 4.78 is 1.11. The lowest BCUT2D eigenvalue weighted by atomic mass is 10.2. The van der Waals surface area contributed by atoms with Crippen LogP contribution >= 0.6 is 27.3 Å². The predicted octanol–water partition coefficient (Wildman–Crippen LogP) is 3.46. The number of thiophene rings is 1. The van der Waals surface area contributed by atoms with Gasteiger partial charge in [0.2, 0.25) is 0 Å². The van der Waals surface area contributed by atoms with Crippen molar-refractivity contribution in [2.75, 3.05) is 5.73 Å². The Morgan fingerprint density at radius 2 is 2.14 bits per heavy atom. The van der Waals surface area contributed by atoms with Gasteiger partial charge < -0.3 is 5.73 Å². The summed E-state index contributed by atoms with van der Waals surface area (Å²) in [6.07, 6.45) is 0. The summed E-state index contributed by atoms with van der Waals surface area (Å²) in [5, 5.41) is 2.05. The first-order chi connectivity index (χ1) is 6.68. The largest absolute Gasteiger partial charge is 0.384 e. The number of aromatic nitrogens is 1. The topological polar surface area (TPSA) is 38.9 Å². The highest BCUT2D eigenvalue weighted by atomic mass is 79.9. The fourth-order valence-corrected chi connectivity index (χ4v) is 2.97. The van der Waals surface area contributed by atoms with Crippen molar-refractivity contribution in [3.05, 3.63) is 33.7 Å². The van der Waals surface area contributed by atoms with Gasteiger partial charge in [-0.15, -0.1) is 11.3 Å². The monoisotopic (exact) mass is 268 g/mol. The molecular weight excluding hydrogens is 260 g/mol. The molecule has 2 rings (SSSR count). The fourth-order valence-electron chi connectivity index (χ4n) is 1.31. The summed E-state index contributed by atoms with van der Waals surface area (Å²) in [6.45, 7) is 1.97. The van der Waals surface area contributed by atoms with Gasteiger partial charge in [0.05, 0.1) is 4.88 Å². The molecule has 14 heavy (non-hydrogen) atoms. The van der Waals surface area contributed by atoms with E-state index >= 15 is 0 Å². The van der Waals surface area contributed by atoms with Crippen LogP contribution in [0.2, 0.25) is 0 Å². The number of halogens is 1. The van der Waals surface area contributed by atoms with Gasteiger partial charge in [0.15, 0.2) is 0 Å². The molecule has 0 aliphatic heterocycles. The number of hydrogen-bond donors (Lipinski definition) is 1. The van der Waals surface area contributed by atoms with Gasteiger partial charge in [-0.05, 0) is 46.4 Å². The molecule has 2 heterocycles. The smallest absolute Gasteiger partial charge is 0.123 e. The first-order valence-corrected chi connectivity index (χ1v) is 5.82. The molecule has 0 saturated carbocycles. The molecule has 2 N–H and O–H groups in total. The summed E-state index contributed by atoms with van der Waals surface area (Å²) in [7, 11) is 0. The average Bonchev–Trinajstić information content (AvgIpc) is 2.52. The molecule has 0 aromatic carbocycles. The van der Waals surface area contributed by atoms with Crippen molar-refractivity contribution >= 4 is 33.1 Å². The standard InChI is InChI=1S/C10H9BrN2S/c1-6-7(2-3-9(12)13-6)10-8(11)4-5-14-10/h2-5H,1H3,(H2,12,13). The Morgan fingerprint density at radius 1 is 1.36 bits per heavy atom. The van der Waals surface area contributed by atoms with Crippen LogP contribution < -0.4 is 5.73 Å². The number of nitrogen functional groups attached to an aromatic ring is 1. The zero-order valence-electron chi connectivity index (χ0n) is 7.62. The van der Waals surface area contributed by atoms with Crippen molar-refractivity contribution in [3.8, 4) is 10.4 Å². The summed E-state index contributed by atoms with van der Waals surface area (Å²) in [4.78, 5) is 5.44. The summed E-state index contributed by atoms with van der Waals surface area (Å²) in [5.41, 5.74) is 7.71. The molecule has 0 atom stereocenters. The van der Waals surface area contributed by atoms with E-state index in [9.17, 15) is 0 Å². The average molecular weight is 269 g/mol. The molecular formula is C10H9BrN2S. The lowest BCUT2D eigenvalue weighted by Crippen LogP contribution is -1.93. The number of anilines is 1. The molecule has 2 nitrogen and oxygen atoms in total. The minimum Gasteiger partial charge on any atom is -0.384 e. The fraction of sp³-hybridized carbons (Fsp3) is 0.100. The number of rotatable bonds is 1. The molecule has 72 valence electrons. The van der Waals surface area contributed by atoms with E-state index in [-0.39, 0.29) is 0 Å². The van der Waals surface area contributed by atoms with Crippen LogP contribution in [0.25, 0.3) is 10.4 Å². The van der Waals surface area contributed by atoms with Gasteiger partial charge in [-0.1, -0.05) is 0 Å². The molecule has 0 bridgehead atoms. The molecule has 4 heteroatoms. The quantitative estimate of drug-likeness (QED) is 0.861. The maximum absolute atomic E-state index is 5.60. The molecule has 0 amide bonds. The third-order valence-electron chi connectivity index (χ3n) is 1.97. The van der Waals surface area contributed by atoms with Crippen LogP contribution in [0.15, 0.2) is 28.1 Å². The van der Waals surface area contributed by atoms with Crippen molar-refractivity contribution in [2.45, 2.75) is 6.92 Å². The van der Waals surface area contributed by atoms with E-state index in [2.05, 4.69) is 26.3 Å². The van der Waals surface area contributed by atoms with Gasteiger partial charge in [-0.3, -0.25) is 0 Å². The highest BCUT2D eigenvalue weighted by Crippen LogP contribution is 2.34. The second-order valence-corrected chi connectivity index (χ2v) is 4.74. The van der Waals surface area contributed by atoms with E-state index in [4.69, 9.17) is 5.73 Å². The molecule has 0 aliphatic carbocycles. The summed E-state index contributed by atoms with van der Waals surface area (Å²) >= 11 is 5.20. The molecule has 0 radical (unpaired) electrons. The third kappa shape index (κ3) is 1.67. The second-order valence-electron chi connectivity index (χ2n) is 2.97. The lowest BCUT2D eigenvalue weighted by molar-refractivity contribution is 1.22. The number of aryl methyl sites for hydroxylation is 1. The SMILES string of the molecule is Cc1nc(N)ccc1-c1sccc1Br. The van der Waals surface area contributed by atoms with E-state index < -0.39 is 0 Å². The van der Waals surface area contributed by atoms with Crippen molar-refractivity contribution in [1.29, 1.82) is 0 Å². The van der Waals surface area contributed by atoms with E-state index in [1.807, 2.05) is 25.1 Å². The highest BCUT2D eigenvalue weighted by Gasteiger charge is 2.08. The van der Waals surface area contributed by atoms with Gasteiger partial charge in [-0.25, -0.2) is 4.98 Å². The number of nitrogens with zero attached hydrogens (tertiary/aromatic N) is 1. The Labute approximate surface area is 94.9 Å². The maximum Gasteiger partial charge on any atom is 0.123 e. The van der Waals surface area contributed by atoms with Crippen LogP contribution in [0.3, 0.4) is 0 Å². The van der Waals surface area contributed by atoms with Gasteiger partial charge >= 0.3 is 0 Å². The van der Waals surface area contributed by atoms with Crippen LogP contribution in [0.1, 0.15) is 5.69 Å². The third-order valence-corrected chi connectivity index (χ3v) is 3.84. The molecule has 2 aromatic rings. The van der Waals surface area contributed by atoms with Gasteiger partial charge in [0, 0.05) is 15.7 Å². The Balaban J connectivity index is 2.58. The number of nitrogens with two attached hydrogens (primary N) is 1. The zero-order valence-corrected chi connectivity index (χ0v) is 10.0. The zero-order chi connectivity index (χ0) is 10.1. The second kappa shape index (κ2) is 3.71. The van der Waals surface area contributed by atoms with Crippen LogP contribution in [0.5, 0.6) is 0 Å². The molecule has 0 unspecified atom stereocenters. The molecule has 0 fully saturated rings. The lowest BCUT2D eigenvalue weighted by Gasteiger charge is -2.03. The minimum atomic E-state index is 0.568. The van der Waals surface area contributed by atoms with Crippen molar-refractivity contribution < 1.29 is 0 Å². The summed E-state index contributed by atoms with van der Waals surface area (Å²) in [6, 6.07) is 5.87. The first-order valence-electron chi connectivity index (χ1n) is 4.15. The number of hydrogen-bond acceptors (Lipinski definition) is 3. The van der Waals surface area contributed by atoms with Crippen LogP contribution in [0.4, 0.5) is 5.82 Å². The Kier molecular flexibility index (Phi) is 2.56. The number of pyridine rings is 1. The normalized spacial score (nSPS) is 10.4. The van der Waals surface area contributed by atoms with Gasteiger partial charge in [-0.2, -0.15) is 0 Å². The minimum absolute atomic E-state index is 0.568. The van der Waals surface area contributed by atoms with Gasteiger partial charge in [0.1, 0.15) is 5.82 Å². The molecule has 0 spiro atoms. The van der Waals surface area contributed by atoms with E-state index in [0.29, 0.717) is 5.82 Å². The van der Waals surface area contributed by atoms with E-state index in [1.54, 1.807) is 11.3 Å². The van der Waals surface area contributed by atoms with E-state index in [0.717, 1.165) is 15.7 Å². The van der Waals surface area contributed by atoms with Crippen LogP contribution in [-0.2, 0) is 0 Å². The molecule has 0 aliphatic rings. The highest BCUT2D eigenvalue weighted by molar-refractivity contribution is 9.10. The Hall–Kier alpha value is -0.870. The van der Waals surface area contributed by atoms with Gasteiger partial charge in [0.25, 0.3) is 0 Å². The van der Waals surface area contributed by atoms with Crippen LogP contribution in [0, 0.1) is 6.92 Å². The predicted molar refractivity (Wildman–Crippen MR) is 64.4 cm³/mol. The first kappa shape index (κ1) is 9.68. The maximum atomic E-state index is 5.60. The van der Waals surface area contributed by atoms with Crippen molar-refractivity contribution in [3.63, 3.8) is 0 Å². The van der Waals surface area contributed by atoms with Crippen LogP contribution in [-0.4, -0.2) is 4.98 Å². The van der Waals surface area contributed by atoms with Crippen molar-refractivity contribution in [1.82, 2.24) is 4.98 Å².